The topological polar surface area (TPSA) is 61.0 Å². The van der Waals surface area contributed by atoms with Crippen LogP contribution in [0.1, 0.15) is 55.2 Å². The SMILES string of the molecule is NC1CCCCc2nc(CC3CCCO3)ncc21. The number of fused-ring (bicyclic) bond motifs is 1. The summed E-state index contributed by atoms with van der Waals surface area (Å²) in [6.07, 6.45) is 9.91. The molecule has 0 spiro atoms. The molecule has 2 N–H and O–H groups in total. The molecule has 2 unspecified atom stereocenters. The maximum absolute atomic E-state index is 6.16. The second-order valence-corrected chi connectivity index (χ2v) is 5.38. The largest absolute Gasteiger partial charge is 0.378 e. The molecule has 3 rings (SSSR count). The lowest BCUT2D eigenvalue weighted by Gasteiger charge is -2.13. The maximum atomic E-state index is 6.16. The van der Waals surface area contributed by atoms with E-state index < -0.39 is 0 Å². The van der Waals surface area contributed by atoms with Crippen LogP contribution in [-0.2, 0) is 17.6 Å². The summed E-state index contributed by atoms with van der Waals surface area (Å²) in [5.41, 5.74) is 8.48. The van der Waals surface area contributed by atoms with E-state index in [1.807, 2.05) is 6.20 Å². The summed E-state index contributed by atoms with van der Waals surface area (Å²) >= 11 is 0. The predicted octanol–water partition coefficient (Wildman–Crippen LogP) is 1.92. The van der Waals surface area contributed by atoms with Crippen molar-refractivity contribution >= 4 is 0 Å². The number of nitrogens with zero attached hydrogens (tertiary/aromatic N) is 2. The molecule has 1 fully saturated rings. The van der Waals surface area contributed by atoms with Crippen molar-refractivity contribution in [3.05, 3.63) is 23.3 Å². The summed E-state index contributed by atoms with van der Waals surface area (Å²) in [7, 11) is 0. The first kappa shape index (κ1) is 12.1. The smallest absolute Gasteiger partial charge is 0.131 e. The Morgan fingerprint density at radius 2 is 2.22 bits per heavy atom. The van der Waals surface area contributed by atoms with Crippen molar-refractivity contribution < 1.29 is 4.74 Å². The molecule has 1 aromatic heterocycles. The normalized spacial score (nSPS) is 27.8. The first-order valence-electron chi connectivity index (χ1n) is 7.05. The van der Waals surface area contributed by atoms with E-state index in [2.05, 4.69) is 4.98 Å². The zero-order valence-electron chi connectivity index (χ0n) is 10.8. The highest BCUT2D eigenvalue weighted by molar-refractivity contribution is 5.23. The molecule has 1 aromatic rings. The number of ether oxygens (including phenoxy) is 1. The minimum absolute atomic E-state index is 0.124. The Kier molecular flexibility index (Phi) is 3.57. The van der Waals surface area contributed by atoms with Gasteiger partial charge in [-0.15, -0.1) is 0 Å². The zero-order chi connectivity index (χ0) is 12.4. The molecular weight excluding hydrogens is 226 g/mol. The van der Waals surface area contributed by atoms with Gasteiger partial charge in [0.15, 0.2) is 0 Å². The van der Waals surface area contributed by atoms with Gasteiger partial charge in [0.2, 0.25) is 0 Å². The highest BCUT2D eigenvalue weighted by atomic mass is 16.5. The van der Waals surface area contributed by atoms with Gasteiger partial charge in [-0.1, -0.05) is 6.42 Å². The van der Waals surface area contributed by atoms with E-state index in [4.69, 9.17) is 15.5 Å². The highest BCUT2D eigenvalue weighted by Gasteiger charge is 2.20. The summed E-state index contributed by atoms with van der Waals surface area (Å²) in [5.74, 6) is 0.926. The van der Waals surface area contributed by atoms with Gasteiger partial charge in [-0.2, -0.15) is 0 Å². The quantitative estimate of drug-likeness (QED) is 0.811. The summed E-state index contributed by atoms with van der Waals surface area (Å²) in [6, 6.07) is 0.124. The van der Waals surface area contributed by atoms with Crippen molar-refractivity contribution in [3.8, 4) is 0 Å². The van der Waals surface area contributed by atoms with Crippen LogP contribution in [0.25, 0.3) is 0 Å². The molecule has 1 aliphatic carbocycles. The first-order chi connectivity index (χ1) is 8.83. The fourth-order valence-corrected chi connectivity index (χ4v) is 2.90. The van der Waals surface area contributed by atoms with Gasteiger partial charge in [0.25, 0.3) is 0 Å². The monoisotopic (exact) mass is 247 g/mol. The van der Waals surface area contributed by atoms with Crippen LogP contribution in [0.2, 0.25) is 0 Å². The zero-order valence-corrected chi connectivity index (χ0v) is 10.8. The average Bonchev–Trinajstić information content (AvgIpc) is 2.80. The number of hydrogen-bond donors (Lipinski definition) is 1. The Morgan fingerprint density at radius 3 is 3.06 bits per heavy atom. The van der Waals surface area contributed by atoms with Crippen molar-refractivity contribution in [2.75, 3.05) is 6.61 Å². The van der Waals surface area contributed by atoms with Gasteiger partial charge in [0.05, 0.1) is 6.10 Å². The summed E-state index contributed by atoms with van der Waals surface area (Å²) in [5, 5.41) is 0. The number of aromatic nitrogens is 2. The van der Waals surface area contributed by atoms with Gasteiger partial charge in [0, 0.05) is 36.5 Å². The Balaban J connectivity index is 1.78. The summed E-state index contributed by atoms with van der Waals surface area (Å²) < 4.78 is 5.64. The Labute approximate surface area is 108 Å². The minimum atomic E-state index is 0.124. The van der Waals surface area contributed by atoms with Gasteiger partial charge < -0.3 is 10.5 Å². The van der Waals surface area contributed by atoms with Crippen LogP contribution in [0.5, 0.6) is 0 Å². The second kappa shape index (κ2) is 5.33. The molecule has 0 amide bonds. The number of rotatable bonds is 2. The van der Waals surface area contributed by atoms with Crippen molar-refractivity contribution in [1.29, 1.82) is 0 Å². The van der Waals surface area contributed by atoms with Crippen LogP contribution in [0.3, 0.4) is 0 Å². The van der Waals surface area contributed by atoms with Gasteiger partial charge in [-0.25, -0.2) is 9.97 Å². The van der Waals surface area contributed by atoms with E-state index in [9.17, 15) is 0 Å². The number of aryl methyl sites for hydroxylation is 1. The molecule has 4 heteroatoms. The lowest BCUT2D eigenvalue weighted by molar-refractivity contribution is 0.110. The van der Waals surface area contributed by atoms with E-state index in [1.165, 1.54) is 25.0 Å². The highest BCUT2D eigenvalue weighted by Crippen LogP contribution is 2.25. The van der Waals surface area contributed by atoms with Crippen molar-refractivity contribution in [3.63, 3.8) is 0 Å². The summed E-state index contributed by atoms with van der Waals surface area (Å²) in [6.45, 7) is 0.889. The molecule has 2 atom stereocenters. The molecule has 2 aliphatic rings. The summed E-state index contributed by atoms with van der Waals surface area (Å²) in [4.78, 5) is 9.19. The fourth-order valence-electron chi connectivity index (χ4n) is 2.90. The van der Waals surface area contributed by atoms with Crippen LogP contribution in [-0.4, -0.2) is 22.7 Å². The van der Waals surface area contributed by atoms with Crippen LogP contribution in [0.4, 0.5) is 0 Å². The van der Waals surface area contributed by atoms with Gasteiger partial charge in [0.1, 0.15) is 5.82 Å². The molecule has 0 radical (unpaired) electrons. The molecule has 0 bridgehead atoms. The number of hydrogen-bond acceptors (Lipinski definition) is 4. The predicted molar refractivity (Wildman–Crippen MR) is 69.2 cm³/mol. The fraction of sp³-hybridized carbons (Fsp3) is 0.714. The first-order valence-corrected chi connectivity index (χ1v) is 7.05. The molecule has 98 valence electrons. The van der Waals surface area contributed by atoms with Gasteiger partial charge in [-0.05, 0) is 32.1 Å². The van der Waals surface area contributed by atoms with Crippen molar-refractivity contribution in [1.82, 2.24) is 9.97 Å². The molecular formula is C14H21N3O. The molecule has 2 heterocycles. The van der Waals surface area contributed by atoms with E-state index in [1.54, 1.807) is 0 Å². The van der Waals surface area contributed by atoms with Crippen LogP contribution < -0.4 is 5.73 Å². The average molecular weight is 247 g/mol. The lowest BCUT2D eigenvalue weighted by atomic mass is 10.1. The van der Waals surface area contributed by atoms with E-state index in [0.717, 1.165) is 43.7 Å². The third kappa shape index (κ3) is 2.54. The maximum Gasteiger partial charge on any atom is 0.131 e. The Bertz CT molecular complexity index is 416. The third-order valence-corrected chi connectivity index (χ3v) is 3.96. The second-order valence-electron chi connectivity index (χ2n) is 5.38. The minimum Gasteiger partial charge on any atom is -0.378 e. The van der Waals surface area contributed by atoms with Crippen LogP contribution >= 0.6 is 0 Å². The third-order valence-electron chi connectivity index (χ3n) is 3.96. The molecule has 1 saturated heterocycles. The molecule has 18 heavy (non-hydrogen) atoms. The van der Waals surface area contributed by atoms with Crippen LogP contribution in [0.15, 0.2) is 6.20 Å². The Hall–Kier alpha value is -1.00. The molecule has 4 nitrogen and oxygen atoms in total. The van der Waals surface area contributed by atoms with E-state index >= 15 is 0 Å². The van der Waals surface area contributed by atoms with Crippen molar-refractivity contribution in [2.24, 2.45) is 5.73 Å². The van der Waals surface area contributed by atoms with Crippen molar-refractivity contribution in [2.45, 2.75) is 57.1 Å². The number of nitrogens with two attached hydrogens (primary N) is 1. The molecule has 0 aromatic carbocycles. The van der Waals surface area contributed by atoms with Crippen LogP contribution in [0, 0.1) is 0 Å². The molecule has 0 saturated carbocycles. The Morgan fingerprint density at radius 1 is 1.28 bits per heavy atom. The van der Waals surface area contributed by atoms with E-state index in [-0.39, 0.29) is 6.04 Å². The van der Waals surface area contributed by atoms with Gasteiger partial charge in [-0.3, -0.25) is 0 Å². The standard InChI is InChI=1S/C14H21N3O/c15-12-5-1-2-6-13-11(12)9-16-14(17-13)8-10-4-3-7-18-10/h9-10,12H,1-8,15H2. The van der Waals surface area contributed by atoms with E-state index in [0.29, 0.717) is 6.10 Å². The molecule has 1 aliphatic heterocycles. The lowest BCUT2D eigenvalue weighted by Crippen LogP contribution is -2.16. The van der Waals surface area contributed by atoms with Gasteiger partial charge >= 0.3 is 0 Å².